The van der Waals surface area contributed by atoms with Crippen LogP contribution in [0.15, 0.2) is 18.2 Å². The van der Waals surface area contributed by atoms with E-state index in [-0.39, 0.29) is 29.8 Å². The van der Waals surface area contributed by atoms with Gasteiger partial charge in [-0.3, -0.25) is 4.79 Å². The van der Waals surface area contributed by atoms with Gasteiger partial charge >= 0.3 is 0 Å². The maximum Gasteiger partial charge on any atom is 0.251 e. The molecule has 19 heavy (non-hydrogen) atoms. The van der Waals surface area contributed by atoms with Crippen molar-refractivity contribution < 1.29 is 9.18 Å². The topological polar surface area (TPSA) is 55.1 Å². The number of nitrogens with two attached hydrogens (primary N) is 1. The summed E-state index contributed by atoms with van der Waals surface area (Å²) in [5.41, 5.74) is 6.36. The molecule has 1 aromatic rings. The second-order valence-corrected chi connectivity index (χ2v) is 6.02. The maximum absolute atomic E-state index is 13.2. The zero-order valence-corrected chi connectivity index (χ0v) is 11.5. The van der Waals surface area contributed by atoms with Crippen LogP contribution in [-0.4, -0.2) is 24.2 Å². The molecule has 3 N–H and O–H groups in total. The Labute approximate surface area is 120 Å². The Bertz CT molecular complexity index is 539. The molecule has 0 heterocycles. The second-order valence-electron chi connectivity index (χ2n) is 5.21. The minimum atomic E-state index is -0.784. The molecule has 0 aliphatic heterocycles. The summed E-state index contributed by atoms with van der Waals surface area (Å²) >= 11 is 11.7. The van der Waals surface area contributed by atoms with E-state index in [1.54, 1.807) is 12.1 Å². The van der Waals surface area contributed by atoms with Gasteiger partial charge in [0.2, 0.25) is 0 Å². The first kappa shape index (κ1) is 13.2. The van der Waals surface area contributed by atoms with Gasteiger partial charge < -0.3 is 11.1 Å². The van der Waals surface area contributed by atoms with Crippen LogP contribution in [0.4, 0.5) is 4.39 Å². The third-order valence-corrected chi connectivity index (χ3v) is 4.80. The quantitative estimate of drug-likeness (QED) is 0.881. The highest BCUT2D eigenvalue weighted by Crippen LogP contribution is 2.53. The number of rotatable bonds is 2. The number of benzene rings is 1. The van der Waals surface area contributed by atoms with Crippen molar-refractivity contribution >= 4 is 29.1 Å². The summed E-state index contributed by atoms with van der Waals surface area (Å²) in [6, 6.07) is 4.22. The highest BCUT2D eigenvalue weighted by Gasteiger charge is 2.61. The summed E-state index contributed by atoms with van der Waals surface area (Å²) in [4.78, 5) is 12.1. The third-order valence-electron chi connectivity index (χ3n) is 4.06. The van der Waals surface area contributed by atoms with Crippen molar-refractivity contribution in [2.45, 2.75) is 24.7 Å². The van der Waals surface area contributed by atoms with Gasteiger partial charge in [-0.2, -0.15) is 0 Å². The molecule has 2 saturated carbocycles. The van der Waals surface area contributed by atoms with Gasteiger partial charge in [-0.15, -0.1) is 0 Å². The highest BCUT2D eigenvalue weighted by atomic mass is 35.5. The molecule has 2 aliphatic carbocycles. The minimum absolute atomic E-state index is 0.0223. The van der Waals surface area contributed by atoms with Gasteiger partial charge in [0, 0.05) is 23.6 Å². The van der Waals surface area contributed by atoms with E-state index in [1.165, 1.54) is 6.07 Å². The Balaban J connectivity index is 1.67. The Morgan fingerprint density at radius 2 is 2.11 bits per heavy atom. The van der Waals surface area contributed by atoms with Gasteiger partial charge in [-0.05, 0) is 30.5 Å². The lowest BCUT2D eigenvalue weighted by molar-refractivity contribution is 0.0928. The van der Waals surface area contributed by atoms with Crippen LogP contribution in [0.25, 0.3) is 0 Å². The van der Waals surface area contributed by atoms with Crippen molar-refractivity contribution in [3.05, 3.63) is 33.8 Å². The molecule has 2 fully saturated rings. The largest absolute Gasteiger partial charge is 0.348 e. The predicted octanol–water partition coefficient (Wildman–Crippen LogP) is 2.41. The van der Waals surface area contributed by atoms with Crippen molar-refractivity contribution in [3.63, 3.8) is 0 Å². The molecular weight excluding hydrogens is 290 g/mol. The van der Waals surface area contributed by atoms with Crippen molar-refractivity contribution in [2.24, 2.45) is 17.6 Å². The first-order valence-electron chi connectivity index (χ1n) is 6.14. The van der Waals surface area contributed by atoms with Gasteiger partial charge in [-0.1, -0.05) is 23.2 Å². The molecule has 0 bridgehead atoms. The maximum atomic E-state index is 13.2. The molecule has 102 valence electrons. The van der Waals surface area contributed by atoms with Crippen molar-refractivity contribution in [1.82, 2.24) is 5.32 Å². The van der Waals surface area contributed by atoms with E-state index in [4.69, 9.17) is 28.9 Å². The van der Waals surface area contributed by atoms with Crippen LogP contribution >= 0.6 is 23.2 Å². The molecule has 2 aliphatic rings. The lowest BCUT2D eigenvalue weighted by Gasteiger charge is -2.20. The van der Waals surface area contributed by atoms with Crippen LogP contribution in [0.5, 0.6) is 0 Å². The Kier molecular flexibility index (Phi) is 3.20. The normalized spacial score (nSPS) is 35.9. The SMILES string of the molecule is N[C@@H]1[C@@H]2[C@H](F)[C@@H]2C[C@H]1NC(=O)c1ccc(Cl)c(Cl)c1. The lowest BCUT2D eigenvalue weighted by atomic mass is 10.1. The summed E-state index contributed by atoms with van der Waals surface area (Å²) in [6.45, 7) is 0. The van der Waals surface area contributed by atoms with E-state index in [9.17, 15) is 9.18 Å². The zero-order valence-electron chi connectivity index (χ0n) is 9.95. The molecule has 3 rings (SSSR count). The number of carbonyl (C=O) groups excluding carboxylic acids is 1. The number of hydrogen-bond donors (Lipinski definition) is 2. The second kappa shape index (κ2) is 4.62. The van der Waals surface area contributed by atoms with Gasteiger partial charge in [0.1, 0.15) is 6.17 Å². The lowest BCUT2D eigenvalue weighted by Crippen LogP contribution is -2.47. The fraction of sp³-hybridized carbons (Fsp3) is 0.462. The van der Waals surface area contributed by atoms with Crippen LogP contribution in [0, 0.1) is 11.8 Å². The van der Waals surface area contributed by atoms with Crippen molar-refractivity contribution in [2.75, 3.05) is 0 Å². The number of hydrogen-bond acceptors (Lipinski definition) is 2. The first-order valence-corrected chi connectivity index (χ1v) is 6.90. The molecule has 0 radical (unpaired) electrons. The number of amides is 1. The van der Waals surface area contributed by atoms with Gasteiger partial charge in [0.25, 0.3) is 5.91 Å². The molecule has 0 unspecified atom stereocenters. The summed E-state index contributed by atoms with van der Waals surface area (Å²) in [7, 11) is 0. The average Bonchev–Trinajstić information content (AvgIpc) is 2.87. The molecule has 1 amide bonds. The van der Waals surface area contributed by atoms with Gasteiger partial charge in [0.15, 0.2) is 0 Å². The monoisotopic (exact) mass is 302 g/mol. The number of nitrogens with one attached hydrogen (secondary N) is 1. The fourth-order valence-electron chi connectivity index (χ4n) is 2.90. The standard InChI is InChI=1S/C13H13Cl2FN2O/c14-7-2-1-5(3-8(7)15)13(19)18-9-4-6-10(11(6)16)12(9)17/h1-3,6,9-12H,4,17H2,(H,18,19)/t6-,9-,10+,11-,12+/m1/s1. The van der Waals surface area contributed by atoms with E-state index >= 15 is 0 Å². The minimum Gasteiger partial charge on any atom is -0.348 e. The van der Waals surface area contributed by atoms with E-state index in [0.29, 0.717) is 22.0 Å². The molecule has 0 aromatic heterocycles. The predicted molar refractivity (Wildman–Crippen MR) is 72.2 cm³/mol. The molecule has 0 spiro atoms. The fourth-order valence-corrected chi connectivity index (χ4v) is 3.20. The number of alkyl halides is 1. The Morgan fingerprint density at radius 3 is 2.68 bits per heavy atom. The molecule has 6 heteroatoms. The molecule has 5 atom stereocenters. The molecule has 1 aromatic carbocycles. The van der Waals surface area contributed by atoms with E-state index in [1.807, 2.05) is 0 Å². The van der Waals surface area contributed by atoms with Crippen LogP contribution in [0.1, 0.15) is 16.8 Å². The zero-order chi connectivity index (χ0) is 13.7. The summed E-state index contributed by atoms with van der Waals surface area (Å²) in [5.74, 6) is -0.316. The molecule has 0 saturated heterocycles. The van der Waals surface area contributed by atoms with E-state index < -0.39 is 6.17 Å². The van der Waals surface area contributed by atoms with Crippen LogP contribution < -0.4 is 11.1 Å². The first-order chi connectivity index (χ1) is 8.99. The van der Waals surface area contributed by atoms with Crippen molar-refractivity contribution in [1.29, 1.82) is 0 Å². The smallest absolute Gasteiger partial charge is 0.251 e. The highest BCUT2D eigenvalue weighted by molar-refractivity contribution is 6.42. The van der Waals surface area contributed by atoms with Crippen LogP contribution in [0.2, 0.25) is 10.0 Å². The van der Waals surface area contributed by atoms with Gasteiger partial charge in [0.05, 0.1) is 10.0 Å². The number of fused-ring (bicyclic) bond motifs is 1. The van der Waals surface area contributed by atoms with Gasteiger partial charge in [-0.25, -0.2) is 4.39 Å². The molecular formula is C13H13Cl2FN2O. The third kappa shape index (κ3) is 2.22. The molecule has 3 nitrogen and oxygen atoms in total. The summed E-state index contributed by atoms with van der Waals surface area (Å²) in [5, 5.41) is 3.57. The average molecular weight is 303 g/mol. The van der Waals surface area contributed by atoms with Crippen LogP contribution in [0.3, 0.4) is 0 Å². The summed E-state index contributed by atoms with van der Waals surface area (Å²) < 4.78 is 13.2. The van der Waals surface area contributed by atoms with Crippen LogP contribution in [-0.2, 0) is 0 Å². The summed E-state index contributed by atoms with van der Waals surface area (Å²) in [6.07, 6.45) is -0.173. The Morgan fingerprint density at radius 1 is 1.37 bits per heavy atom. The Hall–Kier alpha value is -0.840. The van der Waals surface area contributed by atoms with E-state index in [0.717, 1.165) is 0 Å². The number of carbonyl (C=O) groups is 1. The van der Waals surface area contributed by atoms with Crippen molar-refractivity contribution in [3.8, 4) is 0 Å². The number of halogens is 3. The van der Waals surface area contributed by atoms with E-state index in [2.05, 4.69) is 5.32 Å².